The fourth-order valence-corrected chi connectivity index (χ4v) is 2.14. The van der Waals surface area contributed by atoms with Crippen LogP contribution in [0.1, 0.15) is 21.6 Å². The van der Waals surface area contributed by atoms with Gasteiger partial charge in [0.2, 0.25) is 0 Å². The molecule has 0 atom stereocenters. The summed E-state index contributed by atoms with van der Waals surface area (Å²) in [7, 11) is 1.34. The molecule has 1 N–H and O–H groups in total. The first-order valence-electron chi connectivity index (χ1n) is 5.83. The lowest BCUT2D eigenvalue weighted by molar-refractivity contribution is 0.0537. The molecule has 1 heterocycles. The first-order chi connectivity index (χ1) is 9.52. The zero-order valence-electron chi connectivity index (χ0n) is 11.0. The third-order valence-corrected chi connectivity index (χ3v) is 3.12. The molecule has 5 nitrogen and oxygen atoms in total. The van der Waals surface area contributed by atoms with Gasteiger partial charge in [-0.3, -0.25) is 9.63 Å². The van der Waals surface area contributed by atoms with Crippen molar-refractivity contribution in [1.82, 2.24) is 15.3 Å². The highest BCUT2D eigenvalue weighted by atomic mass is 35.5. The van der Waals surface area contributed by atoms with Gasteiger partial charge in [-0.1, -0.05) is 23.7 Å². The minimum absolute atomic E-state index is 0.210. The minimum atomic E-state index is -0.458. The molecule has 0 aliphatic heterocycles. The molecule has 0 bridgehead atoms. The van der Waals surface area contributed by atoms with E-state index >= 15 is 0 Å². The van der Waals surface area contributed by atoms with Crippen molar-refractivity contribution in [1.29, 1.82) is 0 Å². The minimum Gasteiger partial charge on any atom is -0.277 e. The number of amides is 1. The van der Waals surface area contributed by atoms with Gasteiger partial charge in [0.05, 0.1) is 19.3 Å². The Hall–Kier alpha value is -1.92. The Morgan fingerprint density at radius 3 is 2.70 bits per heavy atom. The van der Waals surface area contributed by atoms with E-state index in [2.05, 4.69) is 15.4 Å². The number of aromatic nitrogens is 2. The largest absolute Gasteiger partial charge is 0.279 e. The van der Waals surface area contributed by atoms with E-state index < -0.39 is 5.91 Å². The van der Waals surface area contributed by atoms with Crippen molar-refractivity contribution in [3.63, 3.8) is 0 Å². The fourth-order valence-electron chi connectivity index (χ4n) is 1.82. The molecule has 1 amide bonds. The molecule has 2 rings (SSSR count). The Labute approximate surface area is 120 Å². The van der Waals surface area contributed by atoms with Gasteiger partial charge in [0.25, 0.3) is 5.91 Å². The van der Waals surface area contributed by atoms with E-state index in [4.69, 9.17) is 11.6 Å². The molecule has 2 aromatic rings. The van der Waals surface area contributed by atoms with E-state index in [0.29, 0.717) is 12.2 Å². The number of nitrogens with one attached hydrogen (secondary N) is 1. The summed E-state index contributed by atoms with van der Waals surface area (Å²) in [5.74, 6) is -0.767. The SMILES string of the molecule is CONC(=O)c1c(C)nn(Cc2ccc(F)cc2)c1Cl. The summed E-state index contributed by atoms with van der Waals surface area (Å²) in [6.07, 6.45) is 0. The number of carbonyl (C=O) groups excluding carboxylic acids is 1. The van der Waals surface area contributed by atoms with Crippen LogP contribution in [-0.4, -0.2) is 22.8 Å². The highest BCUT2D eigenvalue weighted by Crippen LogP contribution is 2.21. The Morgan fingerprint density at radius 2 is 2.10 bits per heavy atom. The van der Waals surface area contributed by atoms with Gasteiger partial charge in [0.15, 0.2) is 0 Å². The van der Waals surface area contributed by atoms with Gasteiger partial charge in [0.1, 0.15) is 16.5 Å². The van der Waals surface area contributed by atoms with E-state index in [1.54, 1.807) is 19.1 Å². The van der Waals surface area contributed by atoms with Crippen LogP contribution in [0.25, 0.3) is 0 Å². The summed E-state index contributed by atoms with van der Waals surface area (Å²) in [5.41, 5.74) is 3.78. The maximum atomic E-state index is 12.8. The van der Waals surface area contributed by atoms with Crippen molar-refractivity contribution >= 4 is 17.5 Å². The molecule has 0 unspecified atom stereocenters. The molecule has 0 aliphatic carbocycles. The van der Waals surface area contributed by atoms with Crippen LogP contribution >= 0.6 is 11.6 Å². The Kier molecular flexibility index (Phi) is 4.36. The Morgan fingerprint density at radius 1 is 1.45 bits per heavy atom. The number of nitrogens with zero attached hydrogens (tertiary/aromatic N) is 2. The van der Waals surface area contributed by atoms with Crippen molar-refractivity contribution in [2.24, 2.45) is 0 Å². The second-order valence-corrected chi connectivity index (χ2v) is 4.53. The Bertz CT molecular complexity index is 625. The molecule has 7 heteroatoms. The zero-order chi connectivity index (χ0) is 14.7. The third-order valence-electron chi connectivity index (χ3n) is 2.73. The summed E-state index contributed by atoms with van der Waals surface area (Å²) >= 11 is 6.15. The molecule has 20 heavy (non-hydrogen) atoms. The van der Waals surface area contributed by atoms with Crippen LogP contribution < -0.4 is 5.48 Å². The van der Waals surface area contributed by atoms with Crippen LogP contribution in [0.2, 0.25) is 5.15 Å². The highest BCUT2D eigenvalue weighted by Gasteiger charge is 2.20. The van der Waals surface area contributed by atoms with Crippen molar-refractivity contribution in [3.05, 3.63) is 52.1 Å². The van der Waals surface area contributed by atoms with E-state index in [9.17, 15) is 9.18 Å². The smallest absolute Gasteiger partial charge is 0.277 e. The molecule has 0 spiro atoms. The van der Waals surface area contributed by atoms with Crippen molar-refractivity contribution in [2.45, 2.75) is 13.5 Å². The molecule has 1 aromatic heterocycles. The van der Waals surface area contributed by atoms with Crippen LogP contribution in [0.5, 0.6) is 0 Å². The zero-order valence-corrected chi connectivity index (χ0v) is 11.7. The lowest BCUT2D eigenvalue weighted by atomic mass is 10.2. The molecule has 106 valence electrons. The molecule has 0 aliphatic rings. The second-order valence-electron chi connectivity index (χ2n) is 4.17. The van der Waals surface area contributed by atoms with Crippen molar-refractivity contribution in [2.75, 3.05) is 7.11 Å². The molecular formula is C13H13ClFN3O2. The summed E-state index contributed by atoms with van der Waals surface area (Å²) in [6, 6.07) is 5.99. The van der Waals surface area contributed by atoms with Crippen LogP contribution in [0.15, 0.2) is 24.3 Å². The van der Waals surface area contributed by atoms with Crippen molar-refractivity contribution in [3.8, 4) is 0 Å². The average molecular weight is 298 g/mol. The van der Waals surface area contributed by atoms with E-state index in [1.807, 2.05) is 0 Å². The van der Waals surface area contributed by atoms with E-state index in [1.165, 1.54) is 23.9 Å². The van der Waals surface area contributed by atoms with Gasteiger partial charge in [-0.25, -0.2) is 14.6 Å². The van der Waals surface area contributed by atoms with Gasteiger partial charge in [-0.05, 0) is 24.6 Å². The first-order valence-corrected chi connectivity index (χ1v) is 6.21. The number of aryl methyl sites for hydroxylation is 1. The summed E-state index contributed by atoms with van der Waals surface area (Å²) in [4.78, 5) is 16.3. The summed E-state index contributed by atoms with van der Waals surface area (Å²) in [5, 5.41) is 4.42. The maximum absolute atomic E-state index is 12.8. The number of rotatable bonds is 4. The first kappa shape index (κ1) is 14.5. The van der Waals surface area contributed by atoms with Gasteiger partial charge in [-0.15, -0.1) is 0 Å². The number of hydrogen-bond donors (Lipinski definition) is 1. The highest BCUT2D eigenvalue weighted by molar-refractivity contribution is 6.33. The predicted octanol–water partition coefficient (Wildman–Crippen LogP) is 2.32. The van der Waals surface area contributed by atoms with Crippen molar-refractivity contribution < 1.29 is 14.0 Å². The molecular weight excluding hydrogens is 285 g/mol. The van der Waals surface area contributed by atoms with E-state index in [-0.39, 0.29) is 16.5 Å². The average Bonchev–Trinajstić information content (AvgIpc) is 2.67. The number of halogens is 2. The van der Waals surface area contributed by atoms with Crippen LogP contribution in [-0.2, 0) is 11.4 Å². The predicted molar refractivity (Wildman–Crippen MR) is 72.0 cm³/mol. The summed E-state index contributed by atoms with van der Waals surface area (Å²) < 4.78 is 14.3. The maximum Gasteiger partial charge on any atom is 0.279 e. The van der Waals surface area contributed by atoms with Gasteiger partial charge < -0.3 is 0 Å². The Balaban J connectivity index is 2.27. The summed E-state index contributed by atoms with van der Waals surface area (Å²) in [6.45, 7) is 2.03. The molecule has 0 saturated heterocycles. The van der Waals surface area contributed by atoms with Crippen LogP contribution in [0, 0.1) is 12.7 Å². The fraction of sp³-hybridized carbons (Fsp3) is 0.231. The number of benzene rings is 1. The number of carbonyl (C=O) groups is 1. The second kappa shape index (κ2) is 6.02. The normalized spacial score (nSPS) is 10.6. The third kappa shape index (κ3) is 2.97. The van der Waals surface area contributed by atoms with Gasteiger partial charge >= 0.3 is 0 Å². The van der Waals surface area contributed by atoms with Gasteiger partial charge in [0, 0.05) is 0 Å². The quantitative estimate of drug-likeness (QED) is 0.881. The monoisotopic (exact) mass is 297 g/mol. The standard InChI is InChI=1S/C13H13ClFN3O2/c1-8-11(13(19)17-20-2)12(14)18(16-8)7-9-3-5-10(15)6-4-9/h3-6H,7H2,1-2H3,(H,17,19). The van der Waals surface area contributed by atoms with Crippen LogP contribution in [0.4, 0.5) is 4.39 Å². The molecule has 0 saturated carbocycles. The van der Waals surface area contributed by atoms with E-state index in [0.717, 1.165) is 5.56 Å². The molecule has 1 aromatic carbocycles. The molecule has 0 radical (unpaired) electrons. The number of hydroxylamine groups is 1. The lowest BCUT2D eigenvalue weighted by Crippen LogP contribution is -2.22. The van der Waals surface area contributed by atoms with Crippen LogP contribution in [0.3, 0.4) is 0 Å². The number of hydrogen-bond acceptors (Lipinski definition) is 3. The molecule has 0 fully saturated rings. The topological polar surface area (TPSA) is 56.1 Å². The lowest BCUT2D eigenvalue weighted by Gasteiger charge is -2.04. The van der Waals surface area contributed by atoms with Gasteiger partial charge in [-0.2, -0.15) is 5.10 Å².